The third-order valence-corrected chi connectivity index (χ3v) is 6.07. The van der Waals surface area contributed by atoms with Gasteiger partial charge in [-0.1, -0.05) is 0 Å². The standard InChI is InChI=1S/C14H18N4O5S/c1-5(15)11(19)18-14(13(22)23)2-6(24-7-3-16-4-17-7)8-9(10(8)14)12(20)21/h3,5-6,8-10H,2,4,15H2,1H3,(H,18,19)(H,20,21)(H,22,23)/t5-,6+,8-,9-,10-,14-/m0/s1. The number of amides is 1. The van der Waals surface area contributed by atoms with Crippen molar-refractivity contribution in [3.05, 3.63) is 0 Å². The summed E-state index contributed by atoms with van der Waals surface area (Å²) in [7, 11) is 0. The van der Waals surface area contributed by atoms with Crippen molar-refractivity contribution in [1.82, 2.24) is 5.32 Å². The van der Waals surface area contributed by atoms with Gasteiger partial charge in [0.2, 0.25) is 5.91 Å². The highest BCUT2D eigenvalue weighted by Crippen LogP contribution is 2.65. The molecule has 0 unspecified atom stereocenters. The average Bonchev–Trinajstić information content (AvgIpc) is 2.90. The van der Waals surface area contributed by atoms with Gasteiger partial charge in [-0.25, -0.2) is 4.79 Å². The lowest BCUT2D eigenvalue weighted by Crippen LogP contribution is -2.59. The molecule has 24 heavy (non-hydrogen) atoms. The van der Waals surface area contributed by atoms with E-state index in [0.29, 0.717) is 11.7 Å². The average molecular weight is 354 g/mol. The third-order valence-electron chi connectivity index (χ3n) is 4.81. The first kappa shape index (κ1) is 16.9. The van der Waals surface area contributed by atoms with Gasteiger partial charge in [0.15, 0.2) is 0 Å². The molecule has 3 rings (SSSR count). The molecule has 2 aliphatic carbocycles. The van der Waals surface area contributed by atoms with Crippen molar-refractivity contribution < 1.29 is 24.6 Å². The molecule has 10 heteroatoms. The van der Waals surface area contributed by atoms with Gasteiger partial charge in [0.25, 0.3) is 0 Å². The Balaban J connectivity index is 1.88. The van der Waals surface area contributed by atoms with E-state index in [2.05, 4.69) is 15.3 Å². The molecule has 2 fully saturated rings. The minimum Gasteiger partial charge on any atom is -0.481 e. The Morgan fingerprint density at radius 2 is 2.17 bits per heavy atom. The molecule has 0 aromatic heterocycles. The fourth-order valence-corrected chi connectivity index (χ4v) is 5.12. The van der Waals surface area contributed by atoms with E-state index in [1.165, 1.54) is 18.7 Å². The van der Waals surface area contributed by atoms with Crippen LogP contribution in [0.2, 0.25) is 0 Å². The zero-order valence-corrected chi connectivity index (χ0v) is 13.7. The number of rotatable bonds is 5. The quantitative estimate of drug-likeness (QED) is 0.502. The first-order chi connectivity index (χ1) is 11.3. The molecule has 130 valence electrons. The van der Waals surface area contributed by atoms with Crippen LogP contribution in [0.25, 0.3) is 0 Å². The Morgan fingerprint density at radius 1 is 1.46 bits per heavy atom. The Kier molecular flexibility index (Phi) is 4.12. The van der Waals surface area contributed by atoms with Crippen LogP contribution in [0.4, 0.5) is 0 Å². The SMILES string of the molecule is C[C@H](N)C(=O)N[C@@]1(C(=O)O)C[C@@H](SC2=NCN=C2)[C@H]2[C@H](C(=O)O)[C@H]21. The maximum atomic E-state index is 12.0. The maximum absolute atomic E-state index is 12.0. The van der Waals surface area contributed by atoms with Crippen molar-refractivity contribution >= 4 is 40.9 Å². The summed E-state index contributed by atoms with van der Waals surface area (Å²) in [5.41, 5.74) is 3.93. The van der Waals surface area contributed by atoms with Gasteiger partial charge in [-0.15, -0.1) is 11.8 Å². The number of carbonyl (C=O) groups excluding carboxylic acids is 1. The second-order valence-corrected chi connectivity index (χ2v) is 7.59. The second kappa shape index (κ2) is 5.85. The van der Waals surface area contributed by atoms with Crippen LogP contribution >= 0.6 is 11.8 Å². The van der Waals surface area contributed by atoms with Gasteiger partial charge in [0.1, 0.15) is 17.3 Å². The highest BCUT2D eigenvalue weighted by molar-refractivity contribution is 8.16. The van der Waals surface area contributed by atoms with E-state index in [4.69, 9.17) is 5.73 Å². The number of nitrogens with two attached hydrogens (primary N) is 1. The van der Waals surface area contributed by atoms with Crippen LogP contribution in [-0.2, 0) is 14.4 Å². The molecule has 6 atom stereocenters. The molecule has 9 nitrogen and oxygen atoms in total. The summed E-state index contributed by atoms with van der Waals surface area (Å²) in [5.74, 6) is -4.63. The minimum atomic E-state index is -1.60. The summed E-state index contributed by atoms with van der Waals surface area (Å²) in [6, 6.07) is -0.875. The Hall–Kier alpha value is -1.94. The predicted octanol–water partition coefficient (Wildman–Crippen LogP) is -0.834. The largest absolute Gasteiger partial charge is 0.481 e. The Morgan fingerprint density at radius 3 is 2.67 bits per heavy atom. The van der Waals surface area contributed by atoms with Gasteiger partial charge in [-0.2, -0.15) is 0 Å². The molecule has 1 amide bonds. The molecule has 1 aliphatic heterocycles. The van der Waals surface area contributed by atoms with E-state index in [1.807, 2.05) is 0 Å². The highest BCUT2D eigenvalue weighted by Gasteiger charge is 2.75. The van der Waals surface area contributed by atoms with Crippen LogP contribution < -0.4 is 11.1 Å². The van der Waals surface area contributed by atoms with Crippen molar-refractivity contribution in [2.45, 2.75) is 30.2 Å². The molecule has 0 radical (unpaired) electrons. The number of aliphatic carboxylic acids is 2. The Bertz CT molecular complexity index is 664. The monoisotopic (exact) mass is 354 g/mol. The van der Waals surface area contributed by atoms with Crippen molar-refractivity contribution in [1.29, 1.82) is 0 Å². The molecule has 0 aromatic rings. The molecule has 3 aliphatic rings. The number of carboxylic acid groups (broad SMARTS) is 2. The number of aliphatic imine (C=N–C) groups is 2. The number of nitrogens with one attached hydrogen (secondary N) is 1. The maximum Gasteiger partial charge on any atom is 0.329 e. The summed E-state index contributed by atoms with van der Waals surface area (Å²) in [5, 5.41) is 22.1. The molecule has 0 spiro atoms. The highest BCUT2D eigenvalue weighted by atomic mass is 32.2. The van der Waals surface area contributed by atoms with Crippen molar-refractivity contribution in [3.63, 3.8) is 0 Å². The molecule has 5 N–H and O–H groups in total. The van der Waals surface area contributed by atoms with E-state index in [1.54, 1.807) is 6.21 Å². The van der Waals surface area contributed by atoms with Crippen molar-refractivity contribution in [3.8, 4) is 0 Å². The smallest absolute Gasteiger partial charge is 0.329 e. The molecule has 0 bridgehead atoms. The van der Waals surface area contributed by atoms with Crippen LogP contribution in [0.15, 0.2) is 9.98 Å². The van der Waals surface area contributed by atoms with Gasteiger partial charge in [0, 0.05) is 11.2 Å². The van der Waals surface area contributed by atoms with Gasteiger partial charge in [0.05, 0.1) is 18.2 Å². The van der Waals surface area contributed by atoms with Gasteiger partial charge in [-0.05, 0) is 19.3 Å². The molecule has 0 saturated heterocycles. The van der Waals surface area contributed by atoms with Gasteiger partial charge < -0.3 is 21.3 Å². The lowest BCUT2D eigenvalue weighted by Gasteiger charge is -2.30. The zero-order chi connectivity index (χ0) is 17.6. The fourth-order valence-electron chi connectivity index (χ4n) is 3.70. The van der Waals surface area contributed by atoms with Crippen LogP contribution in [-0.4, -0.2) is 62.8 Å². The predicted molar refractivity (Wildman–Crippen MR) is 87.1 cm³/mol. The molecular weight excluding hydrogens is 336 g/mol. The van der Waals surface area contributed by atoms with Crippen LogP contribution in [0.1, 0.15) is 13.3 Å². The number of hydrogen-bond acceptors (Lipinski definition) is 7. The number of carbonyl (C=O) groups is 3. The van der Waals surface area contributed by atoms with Crippen LogP contribution in [0, 0.1) is 17.8 Å². The van der Waals surface area contributed by atoms with E-state index < -0.39 is 41.3 Å². The lowest BCUT2D eigenvalue weighted by atomic mass is 9.89. The first-order valence-corrected chi connectivity index (χ1v) is 8.40. The van der Waals surface area contributed by atoms with Gasteiger partial charge in [-0.3, -0.25) is 19.6 Å². The number of nitrogens with zero attached hydrogens (tertiary/aromatic N) is 2. The molecule has 2 saturated carbocycles. The number of carboxylic acids is 2. The van der Waals surface area contributed by atoms with E-state index in [-0.39, 0.29) is 17.6 Å². The normalized spacial score (nSPS) is 37.5. The van der Waals surface area contributed by atoms with E-state index in [0.717, 1.165) is 0 Å². The topological polar surface area (TPSA) is 154 Å². The molecule has 0 aromatic carbocycles. The third kappa shape index (κ3) is 2.59. The number of hydrogen-bond donors (Lipinski definition) is 4. The number of fused-ring (bicyclic) bond motifs is 1. The zero-order valence-electron chi connectivity index (χ0n) is 12.9. The lowest BCUT2D eigenvalue weighted by molar-refractivity contribution is -0.149. The summed E-state index contributed by atoms with van der Waals surface area (Å²) >= 11 is 1.33. The van der Waals surface area contributed by atoms with Crippen LogP contribution in [0.3, 0.4) is 0 Å². The fraction of sp³-hybridized carbons (Fsp3) is 0.643. The summed E-state index contributed by atoms with van der Waals surface area (Å²) in [6.07, 6.45) is 1.73. The second-order valence-electron chi connectivity index (χ2n) is 6.33. The van der Waals surface area contributed by atoms with Crippen molar-refractivity contribution in [2.24, 2.45) is 33.5 Å². The summed E-state index contributed by atoms with van der Waals surface area (Å²) in [4.78, 5) is 43.6. The van der Waals surface area contributed by atoms with Gasteiger partial charge >= 0.3 is 11.9 Å². The minimum absolute atomic E-state index is 0.136. The Labute approximate surface area is 141 Å². The summed E-state index contributed by atoms with van der Waals surface area (Å²) < 4.78 is 0. The number of thioether (sulfide) groups is 1. The van der Waals surface area contributed by atoms with E-state index in [9.17, 15) is 24.6 Å². The first-order valence-electron chi connectivity index (χ1n) is 7.52. The summed E-state index contributed by atoms with van der Waals surface area (Å²) in [6.45, 7) is 1.78. The molecule has 1 heterocycles. The van der Waals surface area contributed by atoms with E-state index >= 15 is 0 Å². The molecular formula is C14H18N4O5S. The van der Waals surface area contributed by atoms with Crippen LogP contribution in [0.5, 0.6) is 0 Å². The van der Waals surface area contributed by atoms with Crippen molar-refractivity contribution in [2.75, 3.05) is 6.67 Å².